The minimum atomic E-state index is -0.442. The van der Waals surface area contributed by atoms with E-state index >= 15 is 0 Å². The Morgan fingerprint density at radius 3 is 2.58 bits per heavy atom. The summed E-state index contributed by atoms with van der Waals surface area (Å²) < 4.78 is 5.49. The average molecular weight is 269 g/mol. The number of amides is 2. The van der Waals surface area contributed by atoms with Crippen LogP contribution in [0.1, 0.15) is 32.1 Å². The maximum absolute atomic E-state index is 11.9. The van der Waals surface area contributed by atoms with Crippen LogP contribution in [-0.2, 0) is 14.3 Å². The van der Waals surface area contributed by atoms with Gasteiger partial charge in [-0.15, -0.1) is 0 Å². The third-order valence-corrected chi connectivity index (χ3v) is 3.79. The molecule has 0 aliphatic carbocycles. The molecule has 2 rings (SSSR count). The fraction of sp³-hybridized carbons (Fsp3) is 0.846. The molecule has 2 heterocycles. The summed E-state index contributed by atoms with van der Waals surface area (Å²) in [4.78, 5) is 25.6. The number of rotatable bonds is 4. The molecular weight excluding hydrogens is 246 g/mol. The summed E-state index contributed by atoms with van der Waals surface area (Å²) in [5, 5.41) is 2.67. The summed E-state index contributed by atoms with van der Waals surface area (Å²) >= 11 is 0. The zero-order chi connectivity index (χ0) is 13.7. The number of hydrogen-bond acceptors (Lipinski definition) is 4. The maximum atomic E-state index is 11.9. The average Bonchev–Trinajstić information content (AvgIpc) is 2.94. The van der Waals surface area contributed by atoms with Crippen LogP contribution in [0.4, 0.5) is 0 Å². The van der Waals surface area contributed by atoms with E-state index in [2.05, 4.69) is 5.32 Å². The van der Waals surface area contributed by atoms with Crippen molar-refractivity contribution in [2.45, 2.75) is 44.3 Å². The molecule has 0 aromatic carbocycles. The lowest BCUT2D eigenvalue weighted by Crippen LogP contribution is -2.45. The van der Waals surface area contributed by atoms with Gasteiger partial charge in [0.2, 0.25) is 11.8 Å². The van der Waals surface area contributed by atoms with Crippen LogP contribution in [-0.4, -0.2) is 55.1 Å². The van der Waals surface area contributed by atoms with Crippen molar-refractivity contribution in [2.75, 3.05) is 26.2 Å². The van der Waals surface area contributed by atoms with Crippen molar-refractivity contribution in [3.8, 4) is 0 Å². The summed E-state index contributed by atoms with van der Waals surface area (Å²) in [6.45, 7) is 2.14. The third-order valence-electron chi connectivity index (χ3n) is 3.79. The van der Waals surface area contributed by atoms with Gasteiger partial charge in [0.05, 0.1) is 12.6 Å². The normalized spacial score (nSPS) is 27.3. The monoisotopic (exact) mass is 269 g/mol. The smallest absolute Gasteiger partial charge is 0.249 e. The van der Waals surface area contributed by atoms with E-state index in [0.29, 0.717) is 13.0 Å². The molecule has 0 spiro atoms. The number of nitrogens with two attached hydrogens (primary N) is 1. The highest BCUT2D eigenvalue weighted by molar-refractivity contribution is 5.87. The standard InChI is InChI=1S/C13H23N3O3/c14-8-10-4-5-11(19-10)13(18)15-9-12(17)16-6-2-1-3-7-16/h10-11H,1-9,14H2,(H,15,18)/t10-,11+/m1/s1. The van der Waals surface area contributed by atoms with E-state index in [1.54, 1.807) is 0 Å². The first-order valence-corrected chi connectivity index (χ1v) is 7.11. The van der Waals surface area contributed by atoms with Crippen molar-refractivity contribution < 1.29 is 14.3 Å². The Morgan fingerprint density at radius 2 is 1.95 bits per heavy atom. The van der Waals surface area contributed by atoms with Gasteiger partial charge in [0.15, 0.2) is 0 Å². The number of carbonyl (C=O) groups excluding carboxylic acids is 2. The van der Waals surface area contributed by atoms with E-state index < -0.39 is 6.10 Å². The van der Waals surface area contributed by atoms with Crippen LogP contribution < -0.4 is 11.1 Å². The van der Waals surface area contributed by atoms with E-state index in [1.165, 1.54) is 6.42 Å². The number of nitrogens with one attached hydrogen (secondary N) is 1. The second-order valence-electron chi connectivity index (χ2n) is 5.22. The topological polar surface area (TPSA) is 84.7 Å². The molecule has 6 heteroatoms. The van der Waals surface area contributed by atoms with Gasteiger partial charge < -0.3 is 20.7 Å². The van der Waals surface area contributed by atoms with Crippen LogP contribution in [0.15, 0.2) is 0 Å². The molecule has 3 N–H and O–H groups in total. The largest absolute Gasteiger partial charge is 0.364 e. The second-order valence-corrected chi connectivity index (χ2v) is 5.22. The molecule has 0 aromatic heterocycles. The third kappa shape index (κ3) is 3.91. The Bertz CT molecular complexity index is 329. The molecule has 2 saturated heterocycles. The SMILES string of the molecule is NC[C@H]1CC[C@@H](C(=O)NCC(=O)N2CCCCC2)O1. The van der Waals surface area contributed by atoms with E-state index in [0.717, 1.165) is 32.4 Å². The van der Waals surface area contributed by atoms with E-state index in [-0.39, 0.29) is 24.5 Å². The Hall–Kier alpha value is -1.14. The fourth-order valence-corrected chi connectivity index (χ4v) is 2.60. The predicted octanol–water partition coefficient (Wildman–Crippen LogP) is -0.379. The molecule has 2 aliphatic heterocycles. The second kappa shape index (κ2) is 6.86. The number of likely N-dealkylation sites (tertiary alicyclic amines) is 1. The summed E-state index contributed by atoms with van der Waals surface area (Å²) in [6, 6.07) is 0. The van der Waals surface area contributed by atoms with Crippen molar-refractivity contribution in [2.24, 2.45) is 5.73 Å². The molecule has 6 nitrogen and oxygen atoms in total. The number of carbonyl (C=O) groups is 2. The number of nitrogens with zero attached hydrogens (tertiary/aromatic N) is 1. The summed E-state index contributed by atoms with van der Waals surface area (Å²) in [5.41, 5.74) is 5.50. The van der Waals surface area contributed by atoms with Crippen LogP contribution >= 0.6 is 0 Å². The summed E-state index contributed by atoms with van der Waals surface area (Å²) in [5.74, 6) is -0.192. The minimum Gasteiger partial charge on any atom is -0.364 e. The molecular formula is C13H23N3O3. The highest BCUT2D eigenvalue weighted by Gasteiger charge is 2.30. The molecule has 2 atom stereocenters. The molecule has 0 saturated carbocycles. The van der Waals surface area contributed by atoms with Crippen LogP contribution in [0.25, 0.3) is 0 Å². The Labute approximate surface area is 113 Å². The lowest BCUT2D eigenvalue weighted by molar-refractivity contribution is -0.137. The van der Waals surface area contributed by atoms with Crippen molar-refractivity contribution in [1.82, 2.24) is 10.2 Å². The van der Waals surface area contributed by atoms with E-state index in [9.17, 15) is 9.59 Å². The number of piperidine rings is 1. The van der Waals surface area contributed by atoms with Gasteiger partial charge in [0.1, 0.15) is 6.10 Å². The number of hydrogen-bond donors (Lipinski definition) is 2. The van der Waals surface area contributed by atoms with Gasteiger partial charge >= 0.3 is 0 Å². The molecule has 2 aliphatic rings. The van der Waals surface area contributed by atoms with Crippen molar-refractivity contribution in [3.05, 3.63) is 0 Å². The lowest BCUT2D eigenvalue weighted by Gasteiger charge is -2.26. The predicted molar refractivity (Wildman–Crippen MR) is 70.4 cm³/mol. The Morgan fingerprint density at radius 1 is 1.21 bits per heavy atom. The van der Waals surface area contributed by atoms with Crippen molar-refractivity contribution in [1.29, 1.82) is 0 Å². The molecule has 2 fully saturated rings. The molecule has 0 bridgehead atoms. The Kier molecular flexibility index (Phi) is 5.15. The highest BCUT2D eigenvalue weighted by Crippen LogP contribution is 2.18. The molecule has 0 aromatic rings. The van der Waals surface area contributed by atoms with Gasteiger partial charge in [-0.2, -0.15) is 0 Å². The lowest BCUT2D eigenvalue weighted by atomic mass is 10.1. The molecule has 108 valence electrons. The van der Waals surface area contributed by atoms with Gasteiger partial charge in [-0.25, -0.2) is 0 Å². The Balaban J connectivity index is 1.69. The molecule has 2 amide bonds. The van der Waals surface area contributed by atoms with Gasteiger partial charge in [-0.3, -0.25) is 9.59 Å². The van der Waals surface area contributed by atoms with Crippen LogP contribution in [0.5, 0.6) is 0 Å². The minimum absolute atomic E-state index is 0.00132. The molecule has 0 unspecified atom stereocenters. The molecule has 0 radical (unpaired) electrons. The van der Waals surface area contributed by atoms with Gasteiger partial charge in [-0.05, 0) is 32.1 Å². The summed E-state index contributed by atoms with van der Waals surface area (Å²) in [6.07, 6.45) is 4.34. The maximum Gasteiger partial charge on any atom is 0.249 e. The van der Waals surface area contributed by atoms with Crippen LogP contribution in [0.2, 0.25) is 0 Å². The molecule has 19 heavy (non-hydrogen) atoms. The van der Waals surface area contributed by atoms with Crippen LogP contribution in [0.3, 0.4) is 0 Å². The number of ether oxygens (including phenoxy) is 1. The van der Waals surface area contributed by atoms with Crippen molar-refractivity contribution in [3.63, 3.8) is 0 Å². The zero-order valence-corrected chi connectivity index (χ0v) is 11.3. The van der Waals surface area contributed by atoms with Crippen molar-refractivity contribution >= 4 is 11.8 Å². The quantitative estimate of drug-likeness (QED) is 0.728. The van der Waals surface area contributed by atoms with E-state index in [1.807, 2.05) is 4.90 Å². The van der Waals surface area contributed by atoms with Crippen LogP contribution in [0, 0.1) is 0 Å². The zero-order valence-electron chi connectivity index (χ0n) is 11.3. The first kappa shape index (κ1) is 14.3. The first-order valence-electron chi connectivity index (χ1n) is 7.11. The van der Waals surface area contributed by atoms with Gasteiger partial charge in [0.25, 0.3) is 0 Å². The first-order chi connectivity index (χ1) is 9.20. The summed E-state index contributed by atoms with van der Waals surface area (Å²) in [7, 11) is 0. The highest BCUT2D eigenvalue weighted by atomic mass is 16.5. The van der Waals surface area contributed by atoms with Gasteiger partial charge in [-0.1, -0.05) is 0 Å². The van der Waals surface area contributed by atoms with Gasteiger partial charge in [0, 0.05) is 19.6 Å². The fourth-order valence-electron chi connectivity index (χ4n) is 2.60. The van der Waals surface area contributed by atoms with E-state index in [4.69, 9.17) is 10.5 Å².